The normalized spacial score (nSPS) is 25.9. The Bertz CT molecular complexity index is 305. The lowest BCUT2D eigenvalue weighted by Crippen LogP contribution is -2.41. The minimum Gasteiger partial charge on any atom is -0.376 e. The summed E-state index contributed by atoms with van der Waals surface area (Å²) in [5, 5.41) is 6.80. The fourth-order valence-corrected chi connectivity index (χ4v) is 3.35. The molecule has 4 nitrogen and oxygen atoms in total. The van der Waals surface area contributed by atoms with Crippen molar-refractivity contribution in [3.63, 3.8) is 0 Å². The van der Waals surface area contributed by atoms with Crippen LogP contribution in [0.5, 0.6) is 0 Å². The molecule has 2 rings (SSSR count). The van der Waals surface area contributed by atoms with E-state index in [-0.39, 0.29) is 0 Å². The van der Waals surface area contributed by atoms with Crippen molar-refractivity contribution in [3.05, 3.63) is 0 Å². The van der Waals surface area contributed by atoms with Crippen LogP contribution in [-0.2, 0) is 4.74 Å². The van der Waals surface area contributed by atoms with Crippen molar-refractivity contribution in [2.45, 2.75) is 64.9 Å². The summed E-state index contributed by atoms with van der Waals surface area (Å²) in [5.74, 6) is 0.961. The van der Waals surface area contributed by atoms with Crippen molar-refractivity contribution >= 4 is 5.96 Å². The summed E-state index contributed by atoms with van der Waals surface area (Å²) in [6.07, 6.45) is 9.43. The van der Waals surface area contributed by atoms with E-state index in [0.29, 0.717) is 11.5 Å². The van der Waals surface area contributed by atoms with Crippen LogP contribution in [-0.4, -0.2) is 38.3 Å². The third-order valence-corrected chi connectivity index (χ3v) is 4.85. The number of hydrogen-bond donors (Lipinski definition) is 2. The highest BCUT2D eigenvalue weighted by Crippen LogP contribution is 2.41. The first-order valence-corrected chi connectivity index (χ1v) is 8.42. The first-order valence-electron chi connectivity index (χ1n) is 8.42. The molecule has 1 aliphatic carbocycles. The first-order chi connectivity index (χ1) is 9.78. The molecule has 0 amide bonds. The van der Waals surface area contributed by atoms with Crippen molar-refractivity contribution in [1.82, 2.24) is 10.6 Å². The smallest absolute Gasteiger partial charge is 0.191 e. The molecule has 1 aliphatic heterocycles. The minimum atomic E-state index is 0.366. The van der Waals surface area contributed by atoms with Gasteiger partial charge in [0.1, 0.15) is 0 Å². The maximum absolute atomic E-state index is 5.66. The van der Waals surface area contributed by atoms with Gasteiger partial charge in [0.15, 0.2) is 5.96 Å². The fraction of sp³-hybridized carbons (Fsp3) is 0.938. The van der Waals surface area contributed by atoms with E-state index >= 15 is 0 Å². The van der Waals surface area contributed by atoms with Gasteiger partial charge in [-0.3, -0.25) is 4.99 Å². The van der Waals surface area contributed by atoms with Gasteiger partial charge in [-0.25, -0.2) is 0 Å². The Morgan fingerprint density at radius 3 is 2.60 bits per heavy atom. The largest absolute Gasteiger partial charge is 0.376 e. The monoisotopic (exact) mass is 281 g/mol. The molecule has 0 aromatic heterocycles. The Morgan fingerprint density at radius 2 is 2.00 bits per heavy atom. The summed E-state index contributed by atoms with van der Waals surface area (Å²) in [5.41, 5.74) is 0.464. The van der Waals surface area contributed by atoms with E-state index in [9.17, 15) is 0 Å². The Hall–Kier alpha value is -0.770. The summed E-state index contributed by atoms with van der Waals surface area (Å²) in [6, 6.07) is 0. The number of aliphatic imine (C=N–C) groups is 1. The molecule has 0 radical (unpaired) electrons. The van der Waals surface area contributed by atoms with E-state index < -0.39 is 0 Å². The van der Waals surface area contributed by atoms with Crippen molar-refractivity contribution in [2.24, 2.45) is 10.4 Å². The zero-order chi connectivity index (χ0) is 14.3. The summed E-state index contributed by atoms with van der Waals surface area (Å²) in [6.45, 7) is 8.10. The summed E-state index contributed by atoms with van der Waals surface area (Å²) >= 11 is 0. The third kappa shape index (κ3) is 4.37. The molecule has 2 aliphatic rings. The van der Waals surface area contributed by atoms with Crippen molar-refractivity contribution in [1.29, 1.82) is 0 Å². The predicted octanol–water partition coefficient (Wildman–Crippen LogP) is 2.69. The van der Waals surface area contributed by atoms with Crippen LogP contribution in [0.2, 0.25) is 0 Å². The molecule has 1 saturated heterocycles. The molecule has 0 spiro atoms. The number of guanidine groups is 1. The standard InChI is InChI=1S/C16H31N3O/c1-3-16(9-5-6-10-16)13-19-15(17-4-2)18-12-14-8-7-11-20-14/h14H,3-13H2,1-2H3,(H2,17,18,19). The van der Waals surface area contributed by atoms with Crippen LogP contribution in [0.4, 0.5) is 0 Å². The van der Waals surface area contributed by atoms with Gasteiger partial charge in [0.25, 0.3) is 0 Å². The third-order valence-electron chi connectivity index (χ3n) is 4.85. The van der Waals surface area contributed by atoms with E-state index in [0.717, 1.165) is 32.2 Å². The van der Waals surface area contributed by atoms with Crippen molar-refractivity contribution in [3.8, 4) is 0 Å². The molecule has 1 saturated carbocycles. The lowest BCUT2D eigenvalue weighted by molar-refractivity contribution is 0.113. The van der Waals surface area contributed by atoms with Gasteiger partial charge in [0.2, 0.25) is 0 Å². The second kappa shape index (κ2) is 7.87. The van der Waals surface area contributed by atoms with Gasteiger partial charge in [0.05, 0.1) is 6.10 Å². The number of nitrogens with one attached hydrogen (secondary N) is 2. The number of nitrogens with zero attached hydrogens (tertiary/aromatic N) is 1. The highest BCUT2D eigenvalue weighted by Gasteiger charge is 2.31. The van der Waals surface area contributed by atoms with Gasteiger partial charge in [-0.1, -0.05) is 19.8 Å². The molecule has 0 aromatic rings. The highest BCUT2D eigenvalue weighted by atomic mass is 16.5. The molecule has 2 fully saturated rings. The van der Waals surface area contributed by atoms with Crippen molar-refractivity contribution in [2.75, 3.05) is 26.2 Å². The van der Waals surface area contributed by atoms with E-state index in [1.165, 1.54) is 44.9 Å². The van der Waals surface area contributed by atoms with Crippen LogP contribution in [0.3, 0.4) is 0 Å². The molecule has 1 heterocycles. The summed E-state index contributed by atoms with van der Waals surface area (Å²) in [7, 11) is 0. The van der Waals surface area contributed by atoms with Gasteiger partial charge >= 0.3 is 0 Å². The van der Waals surface area contributed by atoms with Crippen LogP contribution in [0.25, 0.3) is 0 Å². The second-order valence-electron chi connectivity index (χ2n) is 6.27. The maximum atomic E-state index is 5.66. The average Bonchev–Trinajstić information content (AvgIpc) is 3.14. The molecule has 1 atom stereocenters. The zero-order valence-corrected chi connectivity index (χ0v) is 13.2. The van der Waals surface area contributed by atoms with Crippen molar-refractivity contribution < 1.29 is 4.74 Å². The molecule has 0 bridgehead atoms. The quantitative estimate of drug-likeness (QED) is 0.581. The number of ether oxygens (including phenoxy) is 1. The second-order valence-corrected chi connectivity index (χ2v) is 6.27. The minimum absolute atomic E-state index is 0.366. The van der Waals surface area contributed by atoms with Gasteiger partial charge in [0, 0.05) is 26.2 Å². The van der Waals surface area contributed by atoms with Gasteiger partial charge in [-0.15, -0.1) is 0 Å². The molecular weight excluding hydrogens is 250 g/mol. The molecule has 0 aromatic carbocycles. The number of hydrogen-bond acceptors (Lipinski definition) is 2. The topological polar surface area (TPSA) is 45.7 Å². The molecular formula is C16H31N3O. The zero-order valence-electron chi connectivity index (χ0n) is 13.2. The van der Waals surface area contributed by atoms with Gasteiger partial charge < -0.3 is 15.4 Å². The average molecular weight is 281 g/mol. The molecule has 116 valence electrons. The molecule has 2 N–H and O–H groups in total. The Balaban J connectivity index is 1.83. The highest BCUT2D eigenvalue weighted by molar-refractivity contribution is 5.79. The molecule has 20 heavy (non-hydrogen) atoms. The van der Waals surface area contributed by atoms with Crippen LogP contribution in [0.15, 0.2) is 4.99 Å². The fourth-order valence-electron chi connectivity index (χ4n) is 3.35. The Labute approximate surface area is 123 Å². The van der Waals surface area contributed by atoms with Gasteiger partial charge in [-0.05, 0) is 44.4 Å². The lowest BCUT2D eigenvalue weighted by Gasteiger charge is -2.26. The maximum Gasteiger partial charge on any atom is 0.191 e. The predicted molar refractivity (Wildman–Crippen MR) is 84.1 cm³/mol. The van der Waals surface area contributed by atoms with E-state index in [2.05, 4.69) is 24.5 Å². The van der Waals surface area contributed by atoms with E-state index in [1.54, 1.807) is 0 Å². The molecule has 1 unspecified atom stereocenters. The van der Waals surface area contributed by atoms with Crippen LogP contribution < -0.4 is 10.6 Å². The van der Waals surface area contributed by atoms with Gasteiger partial charge in [-0.2, -0.15) is 0 Å². The lowest BCUT2D eigenvalue weighted by atomic mass is 9.84. The summed E-state index contributed by atoms with van der Waals surface area (Å²) in [4.78, 5) is 4.84. The first kappa shape index (κ1) is 15.6. The SMILES string of the molecule is CCNC(=NCC1(CC)CCCC1)NCC1CCCO1. The summed E-state index contributed by atoms with van der Waals surface area (Å²) < 4.78 is 5.66. The van der Waals surface area contributed by atoms with E-state index in [4.69, 9.17) is 9.73 Å². The number of rotatable bonds is 6. The van der Waals surface area contributed by atoms with Crippen LogP contribution in [0.1, 0.15) is 58.8 Å². The Morgan fingerprint density at radius 1 is 1.20 bits per heavy atom. The van der Waals surface area contributed by atoms with E-state index in [1.807, 2.05) is 0 Å². The Kier molecular flexibility index (Phi) is 6.14. The van der Waals surface area contributed by atoms with Crippen LogP contribution >= 0.6 is 0 Å². The van der Waals surface area contributed by atoms with Crippen LogP contribution in [0, 0.1) is 5.41 Å². The molecule has 4 heteroatoms.